The lowest BCUT2D eigenvalue weighted by atomic mass is 9.86. The van der Waals surface area contributed by atoms with Gasteiger partial charge >= 0.3 is 0 Å². The van der Waals surface area contributed by atoms with Gasteiger partial charge in [0.15, 0.2) is 5.78 Å². The Balaban J connectivity index is 2.25. The Morgan fingerprint density at radius 1 is 1.25 bits per heavy atom. The van der Waals surface area contributed by atoms with Crippen LogP contribution in [0.3, 0.4) is 0 Å². The molecule has 2 nitrogen and oxygen atoms in total. The van der Waals surface area contributed by atoms with E-state index in [0.717, 1.165) is 37.9 Å². The summed E-state index contributed by atoms with van der Waals surface area (Å²) in [6.07, 6.45) is 5.49. The first-order valence-corrected chi connectivity index (χ1v) is 8.00. The minimum Gasteiger partial charge on any atom is -0.292 e. The summed E-state index contributed by atoms with van der Waals surface area (Å²) in [5, 5.41) is 0. The van der Waals surface area contributed by atoms with Gasteiger partial charge in [-0.25, -0.2) is 0 Å². The molecule has 1 saturated heterocycles. The van der Waals surface area contributed by atoms with E-state index in [1.165, 1.54) is 18.4 Å². The zero-order valence-corrected chi connectivity index (χ0v) is 13.1. The summed E-state index contributed by atoms with van der Waals surface area (Å²) >= 11 is 0. The highest BCUT2D eigenvalue weighted by Gasteiger charge is 2.39. The van der Waals surface area contributed by atoms with Crippen molar-refractivity contribution < 1.29 is 4.79 Å². The topological polar surface area (TPSA) is 20.3 Å². The van der Waals surface area contributed by atoms with Gasteiger partial charge in [0, 0.05) is 5.56 Å². The highest BCUT2D eigenvalue weighted by atomic mass is 16.1. The van der Waals surface area contributed by atoms with Crippen LogP contribution in [-0.2, 0) is 6.42 Å². The Labute approximate surface area is 123 Å². The number of carbonyl (C=O) groups excluding carboxylic acids is 1. The van der Waals surface area contributed by atoms with Gasteiger partial charge in [-0.05, 0) is 57.3 Å². The lowest BCUT2D eigenvalue weighted by molar-refractivity contribution is 0.0647. The first-order chi connectivity index (χ1) is 9.61. The van der Waals surface area contributed by atoms with Crippen molar-refractivity contribution in [1.82, 2.24) is 4.90 Å². The molecule has 0 spiro atoms. The van der Waals surface area contributed by atoms with Crippen LogP contribution >= 0.6 is 0 Å². The van der Waals surface area contributed by atoms with Gasteiger partial charge < -0.3 is 0 Å². The highest BCUT2D eigenvalue weighted by molar-refractivity contribution is 6.03. The fourth-order valence-corrected chi connectivity index (χ4v) is 3.21. The molecular formula is C18H27NO. The van der Waals surface area contributed by atoms with Crippen LogP contribution in [0.2, 0.25) is 0 Å². The number of aryl methyl sites for hydroxylation is 1. The first-order valence-electron chi connectivity index (χ1n) is 8.00. The van der Waals surface area contributed by atoms with Crippen LogP contribution < -0.4 is 0 Å². The molecule has 1 aliphatic rings. The number of hydrogen-bond donors (Lipinski definition) is 0. The molecule has 0 N–H and O–H groups in total. The van der Waals surface area contributed by atoms with Gasteiger partial charge in [-0.2, -0.15) is 0 Å². The van der Waals surface area contributed by atoms with Crippen LogP contribution in [-0.4, -0.2) is 29.3 Å². The highest BCUT2D eigenvalue weighted by Crippen LogP contribution is 2.28. The number of hydrogen-bond acceptors (Lipinski definition) is 2. The minimum atomic E-state index is -0.332. The Kier molecular flexibility index (Phi) is 4.98. The van der Waals surface area contributed by atoms with Crippen molar-refractivity contribution in [1.29, 1.82) is 0 Å². The minimum absolute atomic E-state index is 0.292. The van der Waals surface area contributed by atoms with E-state index < -0.39 is 0 Å². The van der Waals surface area contributed by atoms with Crippen molar-refractivity contribution in [3.8, 4) is 0 Å². The van der Waals surface area contributed by atoms with Crippen LogP contribution in [0.5, 0.6) is 0 Å². The molecule has 1 aliphatic heterocycles. The van der Waals surface area contributed by atoms with Gasteiger partial charge in [-0.1, -0.05) is 38.5 Å². The quantitative estimate of drug-likeness (QED) is 0.728. The summed E-state index contributed by atoms with van der Waals surface area (Å²) in [6.45, 7) is 8.55. The molecule has 0 radical (unpaired) electrons. The molecule has 20 heavy (non-hydrogen) atoms. The van der Waals surface area contributed by atoms with E-state index >= 15 is 0 Å². The van der Waals surface area contributed by atoms with E-state index in [4.69, 9.17) is 0 Å². The third-order valence-electron chi connectivity index (χ3n) is 4.71. The molecule has 1 atom stereocenters. The van der Waals surface area contributed by atoms with Crippen LogP contribution in [0.25, 0.3) is 0 Å². The van der Waals surface area contributed by atoms with E-state index in [0.29, 0.717) is 5.78 Å². The van der Waals surface area contributed by atoms with E-state index in [1.54, 1.807) is 0 Å². The number of nitrogens with zero attached hydrogens (tertiary/aromatic N) is 1. The fraction of sp³-hybridized carbons (Fsp3) is 0.611. The summed E-state index contributed by atoms with van der Waals surface area (Å²) < 4.78 is 0. The van der Waals surface area contributed by atoms with Gasteiger partial charge in [0.05, 0.1) is 5.54 Å². The molecule has 2 rings (SSSR count). The van der Waals surface area contributed by atoms with Crippen LogP contribution in [0, 0.1) is 0 Å². The third kappa shape index (κ3) is 2.95. The summed E-state index contributed by atoms with van der Waals surface area (Å²) in [5.41, 5.74) is 1.83. The molecule has 1 fully saturated rings. The first kappa shape index (κ1) is 15.2. The monoisotopic (exact) mass is 273 g/mol. The Morgan fingerprint density at radius 2 is 1.95 bits per heavy atom. The molecule has 1 aromatic carbocycles. The summed E-state index contributed by atoms with van der Waals surface area (Å²) in [7, 11) is 0. The third-order valence-corrected chi connectivity index (χ3v) is 4.71. The largest absolute Gasteiger partial charge is 0.292 e. The SMILES string of the molecule is CCCc1cccc(C(=O)C(C)(CC)N2CCCC2)c1. The molecule has 0 saturated carbocycles. The van der Waals surface area contributed by atoms with Gasteiger partial charge in [0.1, 0.15) is 0 Å². The molecule has 1 unspecified atom stereocenters. The second kappa shape index (κ2) is 6.53. The summed E-state index contributed by atoms with van der Waals surface area (Å²) in [4.78, 5) is 15.4. The predicted molar refractivity (Wildman–Crippen MR) is 84.3 cm³/mol. The molecule has 0 aliphatic carbocycles. The predicted octanol–water partition coefficient (Wildman–Crippen LogP) is 4.09. The molecule has 1 heterocycles. The van der Waals surface area contributed by atoms with Crippen LogP contribution in [0.1, 0.15) is 62.4 Å². The van der Waals surface area contributed by atoms with Crippen molar-refractivity contribution in [2.24, 2.45) is 0 Å². The molecule has 1 aromatic rings. The van der Waals surface area contributed by atoms with Crippen LogP contribution in [0.15, 0.2) is 24.3 Å². The van der Waals surface area contributed by atoms with Crippen LogP contribution in [0.4, 0.5) is 0 Å². The molecule has 0 aromatic heterocycles. The number of Topliss-reactive ketones (excluding diaryl/α,β-unsaturated/α-hetero) is 1. The standard InChI is InChI=1S/C18H27NO/c1-4-9-15-10-8-11-16(14-15)17(20)18(3,5-2)19-12-6-7-13-19/h8,10-11,14H,4-7,9,12-13H2,1-3H3. The van der Waals surface area contributed by atoms with Crippen molar-refractivity contribution >= 4 is 5.78 Å². The Morgan fingerprint density at radius 3 is 2.55 bits per heavy atom. The maximum absolute atomic E-state index is 13.0. The number of rotatable bonds is 6. The van der Waals surface area contributed by atoms with Gasteiger partial charge in [0.25, 0.3) is 0 Å². The van der Waals surface area contributed by atoms with E-state index in [-0.39, 0.29) is 5.54 Å². The normalized spacial score (nSPS) is 18.9. The van der Waals surface area contributed by atoms with Crippen molar-refractivity contribution in [2.45, 2.75) is 58.4 Å². The van der Waals surface area contributed by atoms with Crippen molar-refractivity contribution in [3.63, 3.8) is 0 Å². The molecule has 0 amide bonds. The zero-order valence-electron chi connectivity index (χ0n) is 13.1. The Hall–Kier alpha value is -1.15. The number of likely N-dealkylation sites (tertiary alicyclic amines) is 1. The molecular weight excluding hydrogens is 246 g/mol. The zero-order chi connectivity index (χ0) is 14.6. The van der Waals surface area contributed by atoms with Gasteiger partial charge in [-0.15, -0.1) is 0 Å². The van der Waals surface area contributed by atoms with Crippen molar-refractivity contribution in [3.05, 3.63) is 35.4 Å². The Bertz CT molecular complexity index is 462. The fourth-order valence-electron chi connectivity index (χ4n) is 3.21. The average Bonchev–Trinajstić information content (AvgIpc) is 3.01. The summed E-state index contributed by atoms with van der Waals surface area (Å²) in [5.74, 6) is 0.292. The maximum atomic E-state index is 13.0. The number of ketones is 1. The van der Waals surface area contributed by atoms with E-state index in [1.807, 2.05) is 12.1 Å². The van der Waals surface area contributed by atoms with Gasteiger partial charge in [0.2, 0.25) is 0 Å². The van der Waals surface area contributed by atoms with Gasteiger partial charge in [-0.3, -0.25) is 9.69 Å². The van der Waals surface area contributed by atoms with E-state index in [9.17, 15) is 4.79 Å². The molecule has 0 bridgehead atoms. The maximum Gasteiger partial charge on any atom is 0.182 e. The molecule has 2 heteroatoms. The average molecular weight is 273 g/mol. The van der Waals surface area contributed by atoms with Crippen molar-refractivity contribution in [2.75, 3.05) is 13.1 Å². The lowest BCUT2D eigenvalue weighted by Crippen LogP contribution is -2.50. The smallest absolute Gasteiger partial charge is 0.182 e. The van der Waals surface area contributed by atoms with E-state index in [2.05, 4.69) is 37.8 Å². The summed E-state index contributed by atoms with van der Waals surface area (Å²) in [6, 6.07) is 8.22. The second-order valence-electron chi connectivity index (χ2n) is 6.10. The second-order valence-corrected chi connectivity index (χ2v) is 6.10. The number of benzene rings is 1. The lowest BCUT2D eigenvalue weighted by Gasteiger charge is -2.36. The molecule has 110 valence electrons. The number of carbonyl (C=O) groups is 1.